The number of carbonyl (C=O) groups is 2. The van der Waals surface area contributed by atoms with Crippen LogP contribution in [0.15, 0.2) is 47.1 Å². The van der Waals surface area contributed by atoms with Crippen LogP contribution in [-0.4, -0.2) is 37.6 Å². The first kappa shape index (κ1) is 17.2. The number of para-hydroxylation sites is 1. The Morgan fingerprint density at radius 1 is 1.24 bits per heavy atom. The lowest BCUT2D eigenvalue weighted by molar-refractivity contribution is 0.0712. The fourth-order valence-corrected chi connectivity index (χ4v) is 3.01. The number of carbonyl (C=O) groups excluding carboxylic acids is 2. The van der Waals surface area contributed by atoms with Gasteiger partial charge in [0.15, 0.2) is 5.76 Å². The molecule has 2 atom stereocenters. The van der Waals surface area contributed by atoms with Crippen molar-refractivity contribution in [1.29, 1.82) is 0 Å². The number of furan rings is 1. The summed E-state index contributed by atoms with van der Waals surface area (Å²) in [5.41, 5.74) is 0.968. The zero-order valence-corrected chi connectivity index (χ0v) is 14.4. The summed E-state index contributed by atoms with van der Waals surface area (Å²) < 4.78 is 10.8. The molecule has 1 aliphatic rings. The molecule has 25 heavy (non-hydrogen) atoms. The number of hydrogen-bond donors (Lipinski definition) is 1. The van der Waals surface area contributed by atoms with Gasteiger partial charge in [0.25, 0.3) is 11.8 Å². The lowest BCUT2D eigenvalue weighted by Crippen LogP contribution is -2.41. The van der Waals surface area contributed by atoms with Crippen molar-refractivity contribution in [1.82, 2.24) is 5.32 Å². The van der Waals surface area contributed by atoms with Crippen LogP contribution >= 0.6 is 0 Å². The molecule has 1 saturated heterocycles. The third kappa shape index (κ3) is 3.74. The van der Waals surface area contributed by atoms with Crippen LogP contribution in [-0.2, 0) is 4.74 Å². The van der Waals surface area contributed by atoms with E-state index in [1.165, 1.54) is 11.2 Å². The number of nitrogens with one attached hydrogen (secondary N) is 1. The molecule has 2 heterocycles. The molecule has 2 aromatic rings. The van der Waals surface area contributed by atoms with Crippen molar-refractivity contribution < 1.29 is 18.7 Å². The van der Waals surface area contributed by atoms with Gasteiger partial charge in [0.1, 0.15) is 0 Å². The van der Waals surface area contributed by atoms with Gasteiger partial charge in [-0.2, -0.15) is 0 Å². The summed E-state index contributed by atoms with van der Waals surface area (Å²) in [6.07, 6.45) is 3.45. The summed E-state index contributed by atoms with van der Waals surface area (Å²) in [6, 6.07) is 10.2. The molecule has 6 nitrogen and oxygen atoms in total. The van der Waals surface area contributed by atoms with Gasteiger partial charge in [-0.15, -0.1) is 0 Å². The number of hydrogen-bond acceptors (Lipinski definition) is 4. The van der Waals surface area contributed by atoms with E-state index in [4.69, 9.17) is 9.15 Å². The molecule has 1 aliphatic heterocycles. The fraction of sp³-hybridized carbons (Fsp3) is 0.368. The van der Waals surface area contributed by atoms with Crippen molar-refractivity contribution in [2.75, 3.05) is 18.6 Å². The minimum atomic E-state index is -0.308. The number of ether oxygens (including phenoxy) is 1. The molecule has 1 aromatic heterocycles. The van der Waals surface area contributed by atoms with Gasteiger partial charge in [0.2, 0.25) is 0 Å². The summed E-state index contributed by atoms with van der Waals surface area (Å²) in [5.74, 6) is -0.305. The van der Waals surface area contributed by atoms with Crippen LogP contribution < -0.4 is 10.2 Å². The lowest BCUT2D eigenvalue weighted by atomic mass is 10.1. The topological polar surface area (TPSA) is 71.8 Å². The second-order valence-electron chi connectivity index (χ2n) is 6.17. The van der Waals surface area contributed by atoms with Crippen LogP contribution in [0.1, 0.15) is 40.7 Å². The van der Waals surface area contributed by atoms with E-state index in [-0.39, 0.29) is 29.7 Å². The highest BCUT2D eigenvalue weighted by Gasteiger charge is 2.26. The highest BCUT2D eigenvalue weighted by Crippen LogP contribution is 2.22. The molecule has 3 rings (SSSR count). The molecular formula is C19H22N2O4. The van der Waals surface area contributed by atoms with Crippen LogP contribution in [0, 0.1) is 0 Å². The zero-order valence-electron chi connectivity index (χ0n) is 14.4. The van der Waals surface area contributed by atoms with E-state index in [9.17, 15) is 9.59 Å². The van der Waals surface area contributed by atoms with E-state index in [1.807, 2.05) is 6.92 Å². The SMILES string of the molecule is CC(NC(=O)c1ccccc1N(C)C(=O)c1ccco1)C1CCCO1. The average molecular weight is 342 g/mol. The Hall–Kier alpha value is -2.60. The fourth-order valence-electron chi connectivity index (χ4n) is 3.01. The molecule has 0 saturated carbocycles. The van der Waals surface area contributed by atoms with Gasteiger partial charge in [-0.05, 0) is 44.0 Å². The van der Waals surface area contributed by atoms with Crippen LogP contribution in [0.25, 0.3) is 0 Å². The van der Waals surface area contributed by atoms with Crippen molar-refractivity contribution in [3.05, 3.63) is 54.0 Å². The maximum Gasteiger partial charge on any atom is 0.293 e. The number of amides is 2. The van der Waals surface area contributed by atoms with Crippen LogP contribution in [0.3, 0.4) is 0 Å². The summed E-state index contributed by atoms with van der Waals surface area (Å²) in [5, 5.41) is 2.98. The molecule has 1 aromatic carbocycles. The average Bonchev–Trinajstić information content (AvgIpc) is 3.33. The second-order valence-corrected chi connectivity index (χ2v) is 6.17. The Labute approximate surface area is 146 Å². The van der Waals surface area contributed by atoms with E-state index in [0.717, 1.165) is 19.4 Å². The molecule has 1 fully saturated rings. The molecular weight excluding hydrogens is 320 g/mol. The smallest absolute Gasteiger partial charge is 0.293 e. The Morgan fingerprint density at radius 2 is 2.04 bits per heavy atom. The molecule has 2 amide bonds. The molecule has 0 bridgehead atoms. The molecule has 6 heteroatoms. The first-order valence-electron chi connectivity index (χ1n) is 8.41. The predicted octanol–water partition coefficient (Wildman–Crippen LogP) is 2.85. The first-order chi connectivity index (χ1) is 12.1. The number of anilines is 1. The normalized spacial score (nSPS) is 17.9. The molecule has 132 valence electrons. The second kappa shape index (κ2) is 7.53. The zero-order chi connectivity index (χ0) is 17.8. The molecule has 0 radical (unpaired) electrons. The largest absolute Gasteiger partial charge is 0.459 e. The van der Waals surface area contributed by atoms with Crippen molar-refractivity contribution in [3.63, 3.8) is 0 Å². The molecule has 1 N–H and O–H groups in total. The molecule has 0 aliphatic carbocycles. The van der Waals surface area contributed by atoms with E-state index < -0.39 is 0 Å². The van der Waals surface area contributed by atoms with Gasteiger partial charge >= 0.3 is 0 Å². The van der Waals surface area contributed by atoms with Gasteiger partial charge in [0, 0.05) is 13.7 Å². The number of nitrogens with zero attached hydrogens (tertiary/aromatic N) is 1. The van der Waals surface area contributed by atoms with Gasteiger partial charge in [-0.1, -0.05) is 12.1 Å². The van der Waals surface area contributed by atoms with Crippen LogP contribution in [0.2, 0.25) is 0 Å². The van der Waals surface area contributed by atoms with Gasteiger partial charge in [-0.25, -0.2) is 0 Å². The Balaban J connectivity index is 1.78. The third-order valence-electron chi connectivity index (χ3n) is 4.43. The van der Waals surface area contributed by atoms with E-state index >= 15 is 0 Å². The van der Waals surface area contributed by atoms with Crippen molar-refractivity contribution in [2.24, 2.45) is 0 Å². The maximum absolute atomic E-state index is 12.7. The monoisotopic (exact) mass is 342 g/mol. The van der Waals surface area contributed by atoms with E-state index in [2.05, 4.69) is 5.32 Å². The highest BCUT2D eigenvalue weighted by molar-refractivity contribution is 6.09. The van der Waals surface area contributed by atoms with Gasteiger partial charge < -0.3 is 19.4 Å². The Bertz CT molecular complexity index is 736. The molecule has 0 spiro atoms. The third-order valence-corrected chi connectivity index (χ3v) is 4.43. The van der Waals surface area contributed by atoms with Gasteiger partial charge in [0.05, 0.1) is 29.7 Å². The Kier molecular flexibility index (Phi) is 5.19. The first-order valence-corrected chi connectivity index (χ1v) is 8.41. The summed E-state index contributed by atoms with van der Waals surface area (Å²) >= 11 is 0. The minimum absolute atomic E-state index is 0.0404. The van der Waals surface area contributed by atoms with Crippen molar-refractivity contribution in [2.45, 2.75) is 31.9 Å². The summed E-state index contributed by atoms with van der Waals surface area (Å²) in [4.78, 5) is 26.6. The maximum atomic E-state index is 12.7. The standard InChI is InChI=1S/C19H22N2O4/c1-13(16-9-5-11-24-16)20-18(22)14-7-3-4-8-15(14)21(2)19(23)17-10-6-12-25-17/h3-4,6-8,10,12-13,16H,5,9,11H2,1-2H3,(H,20,22). The van der Waals surface area contributed by atoms with Gasteiger partial charge in [-0.3, -0.25) is 9.59 Å². The quantitative estimate of drug-likeness (QED) is 0.907. The van der Waals surface area contributed by atoms with Crippen LogP contribution in [0.4, 0.5) is 5.69 Å². The summed E-state index contributed by atoms with van der Waals surface area (Å²) in [6.45, 7) is 2.68. The van der Waals surface area contributed by atoms with E-state index in [1.54, 1.807) is 43.4 Å². The van der Waals surface area contributed by atoms with Crippen molar-refractivity contribution >= 4 is 17.5 Å². The summed E-state index contributed by atoms with van der Waals surface area (Å²) in [7, 11) is 1.63. The number of rotatable bonds is 5. The minimum Gasteiger partial charge on any atom is -0.459 e. The van der Waals surface area contributed by atoms with E-state index in [0.29, 0.717) is 11.3 Å². The number of benzene rings is 1. The van der Waals surface area contributed by atoms with Crippen LogP contribution in [0.5, 0.6) is 0 Å². The Morgan fingerprint density at radius 3 is 2.72 bits per heavy atom. The highest BCUT2D eigenvalue weighted by atomic mass is 16.5. The molecule has 2 unspecified atom stereocenters. The lowest BCUT2D eigenvalue weighted by Gasteiger charge is -2.23. The predicted molar refractivity (Wildman–Crippen MR) is 93.8 cm³/mol. The van der Waals surface area contributed by atoms with Crippen molar-refractivity contribution in [3.8, 4) is 0 Å².